The van der Waals surface area contributed by atoms with Crippen molar-refractivity contribution in [2.24, 2.45) is 5.92 Å². The number of ether oxygens (including phenoxy) is 2. The fourth-order valence-electron chi connectivity index (χ4n) is 5.58. The number of para-hydroxylation sites is 2. The SMILES string of the molecule is CC1C(CN(C)Cc2ccccc2)OC(c2ccc(NC(=O)c3cnc4ccccc4n3)cc2)OC1c1ccc(CO)cc1. The lowest BCUT2D eigenvalue weighted by Crippen LogP contribution is -2.43. The molecule has 8 heteroatoms. The number of hydrogen-bond acceptors (Lipinski definition) is 7. The molecule has 44 heavy (non-hydrogen) atoms. The van der Waals surface area contributed by atoms with E-state index in [4.69, 9.17) is 9.47 Å². The average molecular weight is 589 g/mol. The minimum absolute atomic E-state index is 0.00365. The first-order chi connectivity index (χ1) is 21.5. The predicted molar refractivity (Wildman–Crippen MR) is 170 cm³/mol. The molecule has 1 amide bonds. The van der Waals surface area contributed by atoms with Crippen LogP contribution in [0.3, 0.4) is 0 Å². The van der Waals surface area contributed by atoms with Gasteiger partial charge in [-0.2, -0.15) is 0 Å². The number of amides is 1. The third-order valence-corrected chi connectivity index (χ3v) is 8.03. The molecule has 0 radical (unpaired) electrons. The van der Waals surface area contributed by atoms with Crippen LogP contribution < -0.4 is 5.32 Å². The molecule has 4 aromatic carbocycles. The van der Waals surface area contributed by atoms with E-state index < -0.39 is 6.29 Å². The topological polar surface area (TPSA) is 96.8 Å². The van der Waals surface area contributed by atoms with Crippen LogP contribution in [0.4, 0.5) is 5.69 Å². The summed E-state index contributed by atoms with van der Waals surface area (Å²) in [4.78, 5) is 24.0. The van der Waals surface area contributed by atoms with Crippen molar-refractivity contribution < 1.29 is 19.4 Å². The lowest BCUT2D eigenvalue weighted by Gasteiger charge is -2.42. The largest absolute Gasteiger partial charge is 0.392 e. The molecule has 0 spiro atoms. The Bertz CT molecular complexity index is 1700. The van der Waals surface area contributed by atoms with E-state index in [9.17, 15) is 9.90 Å². The molecule has 2 N–H and O–H groups in total. The second-order valence-corrected chi connectivity index (χ2v) is 11.3. The van der Waals surface area contributed by atoms with Crippen molar-refractivity contribution >= 4 is 22.6 Å². The molecule has 1 saturated heterocycles. The Hall–Kier alpha value is -4.47. The summed E-state index contributed by atoms with van der Waals surface area (Å²) in [6, 6.07) is 33.3. The van der Waals surface area contributed by atoms with E-state index in [0.29, 0.717) is 11.2 Å². The number of nitrogens with zero attached hydrogens (tertiary/aromatic N) is 3. The third kappa shape index (κ3) is 6.85. The zero-order valence-electron chi connectivity index (χ0n) is 24.8. The van der Waals surface area contributed by atoms with E-state index in [2.05, 4.69) is 58.4 Å². The summed E-state index contributed by atoms with van der Waals surface area (Å²) in [6.07, 6.45) is 0.581. The van der Waals surface area contributed by atoms with Gasteiger partial charge in [0, 0.05) is 30.3 Å². The van der Waals surface area contributed by atoms with Gasteiger partial charge in [0.15, 0.2) is 6.29 Å². The zero-order valence-corrected chi connectivity index (χ0v) is 24.8. The van der Waals surface area contributed by atoms with Crippen LogP contribution in [0.1, 0.15) is 52.1 Å². The Morgan fingerprint density at radius 1 is 0.841 bits per heavy atom. The van der Waals surface area contributed by atoms with Crippen molar-refractivity contribution in [3.8, 4) is 0 Å². The monoisotopic (exact) mass is 588 g/mol. The molecule has 1 aliphatic rings. The zero-order chi connectivity index (χ0) is 30.5. The summed E-state index contributed by atoms with van der Waals surface area (Å²) >= 11 is 0. The maximum Gasteiger partial charge on any atom is 0.275 e. The van der Waals surface area contributed by atoms with Gasteiger partial charge >= 0.3 is 0 Å². The number of aromatic nitrogens is 2. The number of fused-ring (bicyclic) bond motifs is 1. The van der Waals surface area contributed by atoms with Gasteiger partial charge in [-0.25, -0.2) is 4.98 Å². The molecule has 4 atom stereocenters. The van der Waals surface area contributed by atoms with Crippen molar-refractivity contribution in [3.63, 3.8) is 0 Å². The van der Waals surface area contributed by atoms with Crippen LogP contribution >= 0.6 is 0 Å². The molecule has 4 unspecified atom stereocenters. The van der Waals surface area contributed by atoms with Gasteiger partial charge in [0.1, 0.15) is 5.69 Å². The molecule has 0 aliphatic carbocycles. The summed E-state index contributed by atoms with van der Waals surface area (Å²) in [5.41, 5.74) is 6.29. The van der Waals surface area contributed by atoms with Crippen LogP contribution in [0.5, 0.6) is 0 Å². The molecule has 224 valence electrons. The summed E-state index contributed by atoms with van der Waals surface area (Å²) in [5.74, 6) is -0.256. The van der Waals surface area contributed by atoms with Crippen molar-refractivity contribution in [3.05, 3.63) is 137 Å². The number of likely N-dealkylation sites (N-methyl/N-ethyl adjacent to an activating group) is 1. The van der Waals surface area contributed by atoms with Crippen LogP contribution in [0.15, 0.2) is 109 Å². The molecule has 5 aromatic rings. The van der Waals surface area contributed by atoms with Crippen LogP contribution in [0.25, 0.3) is 11.0 Å². The Balaban J connectivity index is 1.19. The van der Waals surface area contributed by atoms with E-state index in [0.717, 1.165) is 35.3 Å². The van der Waals surface area contributed by atoms with Gasteiger partial charge < -0.3 is 19.9 Å². The highest BCUT2D eigenvalue weighted by molar-refractivity contribution is 6.03. The Labute approximate surface area is 257 Å². The molecule has 1 fully saturated rings. The van der Waals surface area contributed by atoms with Crippen LogP contribution in [-0.4, -0.2) is 45.6 Å². The van der Waals surface area contributed by atoms with Crippen molar-refractivity contribution in [2.45, 2.75) is 38.6 Å². The normalized spacial score (nSPS) is 20.1. The first-order valence-corrected chi connectivity index (χ1v) is 14.8. The minimum Gasteiger partial charge on any atom is -0.392 e. The number of anilines is 1. The fourth-order valence-corrected chi connectivity index (χ4v) is 5.58. The predicted octanol–water partition coefficient (Wildman–Crippen LogP) is 6.30. The lowest BCUT2D eigenvalue weighted by molar-refractivity contribution is -0.276. The summed E-state index contributed by atoms with van der Waals surface area (Å²) in [6.45, 7) is 3.69. The van der Waals surface area contributed by atoms with Gasteiger partial charge in [-0.15, -0.1) is 0 Å². The van der Waals surface area contributed by atoms with Crippen LogP contribution in [0, 0.1) is 5.92 Å². The molecule has 0 saturated carbocycles. The Kier molecular flexibility index (Phi) is 9.04. The maximum atomic E-state index is 12.9. The van der Waals surface area contributed by atoms with Crippen LogP contribution in [0.2, 0.25) is 0 Å². The highest BCUT2D eigenvalue weighted by atomic mass is 16.7. The summed E-state index contributed by atoms with van der Waals surface area (Å²) < 4.78 is 13.2. The van der Waals surface area contributed by atoms with E-state index in [1.54, 1.807) is 0 Å². The van der Waals surface area contributed by atoms with Gasteiger partial charge in [-0.05, 0) is 48.0 Å². The maximum absolute atomic E-state index is 12.9. The molecular formula is C36H36N4O4. The van der Waals surface area contributed by atoms with Gasteiger partial charge in [0.2, 0.25) is 0 Å². The number of aliphatic hydroxyl groups is 1. The van der Waals surface area contributed by atoms with Crippen molar-refractivity contribution in [1.29, 1.82) is 0 Å². The molecule has 1 aromatic heterocycles. The number of aliphatic hydroxyl groups excluding tert-OH is 1. The second kappa shape index (κ2) is 13.4. The standard InChI is InChI=1S/C36H36N4O4/c1-24-33(22-40(2)21-25-8-4-3-5-9-25)43-36(44-34(24)27-14-12-26(23-41)13-15-27)28-16-18-29(19-17-28)38-35(42)32-20-37-30-10-6-7-11-31(30)39-32/h3-20,24,33-34,36,41H,21-23H2,1-2H3,(H,38,42). The van der Waals surface area contributed by atoms with Crippen molar-refractivity contribution in [1.82, 2.24) is 14.9 Å². The molecule has 2 heterocycles. The number of hydrogen-bond donors (Lipinski definition) is 2. The highest BCUT2D eigenvalue weighted by Gasteiger charge is 2.38. The number of nitrogens with one attached hydrogen (secondary N) is 1. The van der Waals surface area contributed by atoms with E-state index >= 15 is 0 Å². The number of benzene rings is 4. The third-order valence-electron chi connectivity index (χ3n) is 8.03. The second-order valence-electron chi connectivity index (χ2n) is 11.3. The lowest BCUT2D eigenvalue weighted by atomic mass is 9.90. The van der Waals surface area contributed by atoms with E-state index in [-0.39, 0.29) is 36.3 Å². The molecule has 6 rings (SSSR count). The van der Waals surface area contributed by atoms with Gasteiger partial charge in [-0.1, -0.05) is 85.8 Å². The molecule has 0 bridgehead atoms. The van der Waals surface area contributed by atoms with Crippen molar-refractivity contribution in [2.75, 3.05) is 18.9 Å². The molecular weight excluding hydrogens is 552 g/mol. The number of carbonyl (C=O) groups is 1. The quantitative estimate of drug-likeness (QED) is 0.209. The Morgan fingerprint density at radius 3 is 2.25 bits per heavy atom. The van der Waals surface area contributed by atoms with Gasteiger partial charge in [0.05, 0.1) is 36.0 Å². The summed E-state index contributed by atoms with van der Waals surface area (Å²) in [7, 11) is 2.11. The highest BCUT2D eigenvalue weighted by Crippen LogP contribution is 2.42. The Morgan fingerprint density at radius 2 is 1.52 bits per heavy atom. The van der Waals surface area contributed by atoms with Gasteiger partial charge in [-0.3, -0.25) is 14.7 Å². The number of carbonyl (C=O) groups excluding carboxylic acids is 1. The van der Waals surface area contributed by atoms with Gasteiger partial charge in [0.25, 0.3) is 5.91 Å². The van der Waals surface area contributed by atoms with E-state index in [1.807, 2.05) is 78.9 Å². The van der Waals surface area contributed by atoms with Crippen LogP contribution in [-0.2, 0) is 22.6 Å². The molecule has 1 aliphatic heterocycles. The first-order valence-electron chi connectivity index (χ1n) is 14.8. The fraction of sp³-hybridized carbons (Fsp3) is 0.250. The number of rotatable bonds is 9. The first kappa shape index (κ1) is 29.6. The average Bonchev–Trinajstić information content (AvgIpc) is 3.06. The molecule has 8 nitrogen and oxygen atoms in total. The van der Waals surface area contributed by atoms with E-state index in [1.165, 1.54) is 11.8 Å². The summed E-state index contributed by atoms with van der Waals surface area (Å²) in [5, 5.41) is 12.5. The minimum atomic E-state index is -0.597. The smallest absolute Gasteiger partial charge is 0.275 e.